The van der Waals surface area contributed by atoms with Gasteiger partial charge in [-0.3, -0.25) is 10.2 Å². The standard InChI is InChI=1S/C20H29N3/c1-15(19-11-7-5-8-12-19)22-18(4)23(17(3)21)16(2)20-13-9-6-10-14-20/h5-18,22H,21H2,1-4H3. The molecule has 4 unspecified atom stereocenters. The predicted molar refractivity (Wildman–Crippen MR) is 97.8 cm³/mol. The Morgan fingerprint density at radius 1 is 0.783 bits per heavy atom. The average Bonchev–Trinajstić information content (AvgIpc) is 2.56. The van der Waals surface area contributed by atoms with E-state index < -0.39 is 0 Å². The number of nitrogens with two attached hydrogens (primary N) is 1. The smallest absolute Gasteiger partial charge is 0.0592 e. The first-order valence-electron chi connectivity index (χ1n) is 8.39. The van der Waals surface area contributed by atoms with Crippen molar-refractivity contribution in [3.05, 3.63) is 71.8 Å². The van der Waals surface area contributed by atoms with Crippen molar-refractivity contribution in [2.45, 2.75) is 52.1 Å². The minimum atomic E-state index is -0.0318. The van der Waals surface area contributed by atoms with Gasteiger partial charge in [0.05, 0.1) is 12.3 Å². The summed E-state index contributed by atoms with van der Waals surface area (Å²) in [4.78, 5) is 2.31. The van der Waals surface area contributed by atoms with E-state index in [-0.39, 0.29) is 24.4 Å². The SMILES string of the molecule is CC(NC(C)N(C(C)N)C(C)c1ccccc1)c1ccccc1. The van der Waals surface area contributed by atoms with Gasteiger partial charge in [-0.2, -0.15) is 0 Å². The highest BCUT2D eigenvalue weighted by Crippen LogP contribution is 2.24. The molecule has 0 fully saturated rings. The Morgan fingerprint density at radius 3 is 1.74 bits per heavy atom. The Balaban J connectivity index is 2.11. The van der Waals surface area contributed by atoms with Crippen LogP contribution in [0.25, 0.3) is 0 Å². The van der Waals surface area contributed by atoms with Gasteiger partial charge in [0.2, 0.25) is 0 Å². The lowest BCUT2D eigenvalue weighted by Gasteiger charge is -2.39. The van der Waals surface area contributed by atoms with Gasteiger partial charge >= 0.3 is 0 Å². The Labute approximate surface area is 140 Å². The summed E-state index contributed by atoms with van der Waals surface area (Å²) in [5.74, 6) is 0. The molecule has 0 aliphatic heterocycles. The summed E-state index contributed by atoms with van der Waals surface area (Å²) in [6.45, 7) is 8.63. The molecule has 0 aromatic heterocycles. The van der Waals surface area contributed by atoms with E-state index in [4.69, 9.17) is 5.73 Å². The molecule has 0 radical (unpaired) electrons. The quantitative estimate of drug-likeness (QED) is 0.758. The minimum Gasteiger partial charge on any atom is -0.316 e. The van der Waals surface area contributed by atoms with Crippen LogP contribution in [0.1, 0.15) is 50.9 Å². The first-order valence-corrected chi connectivity index (χ1v) is 8.39. The summed E-state index contributed by atoms with van der Waals surface area (Å²) >= 11 is 0. The lowest BCUT2D eigenvalue weighted by Crippen LogP contribution is -2.52. The van der Waals surface area contributed by atoms with Gasteiger partial charge in [0, 0.05) is 12.1 Å². The summed E-state index contributed by atoms with van der Waals surface area (Å²) in [5.41, 5.74) is 8.85. The molecule has 23 heavy (non-hydrogen) atoms. The predicted octanol–water partition coefficient (Wildman–Crippen LogP) is 4.05. The molecule has 0 bridgehead atoms. The van der Waals surface area contributed by atoms with Gasteiger partial charge in [-0.1, -0.05) is 60.7 Å². The second-order valence-electron chi connectivity index (χ2n) is 6.25. The van der Waals surface area contributed by atoms with Crippen LogP contribution in [0.3, 0.4) is 0 Å². The normalized spacial score (nSPS) is 16.8. The zero-order valence-corrected chi connectivity index (χ0v) is 14.6. The van der Waals surface area contributed by atoms with E-state index >= 15 is 0 Å². The van der Waals surface area contributed by atoms with Crippen molar-refractivity contribution in [3.8, 4) is 0 Å². The molecule has 124 valence electrons. The molecule has 4 atom stereocenters. The molecule has 0 saturated carbocycles. The molecule has 2 aromatic carbocycles. The Morgan fingerprint density at radius 2 is 1.26 bits per heavy atom. The molecule has 0 spiro atoms. The van der Waals surface area contributed by atoms with E-state index in [9.17, 15) is 0 Å². The number of nitrogens with zero attached hydrogens (tertiary/aromatic N) is 1. The fraction of sp³-hybridized carbons (Fsp3) is 0.400. The van der Waals surface area contributed by atoms with Crippen LogP contribution in [0.4, 0.5) is 0 Å². The second-order valence-corrected chi connectivity index (χ2v) is 6.25. The first-order chi connectivity index (χ1) is 11.0. The number of hydrogen-bond donors (Lipinski definition) is 2. The van der Waals surface area contributed by atoms with Crippen LogP contribution in [-0.4, -0.2) is 17.2 Å². The lowest BCUT2D eigenvalue weighted by molar-refractivity contribution is 0.0795. The maximum atomic E-state index is 6.28. The molecule has 3 nitrogen and oxygen atoms in total. The van der Waals surface area contributed by atoms with Crippen molar-refractivity contribution < 1.29 is 0 Å². The van der Waals surface area contributed by atoms with Gasteiger partial charge in [-0.25, -0.2) is 0 Å². The van der Waals surface area contributed by atoms with Crippen molar-refractivity contribution in [3.63, 3.8) is 0 Å². The topological polar surface area (TPSA) is 41.3 Å². The van der Waals surface area contributed by atoms with Gasteiger partial charge in [0.1, 0.15) is 0 Å². The van der Waals surface area contributed by atoms with E-state index in [2.05, 4.69) is 79.5 Å². The zero-order chi connectivity index (χ0) is 16.8. The summed E-state index contributed by atoms with van der Waals surface area (Å²) < 4.78 is 0. The summed E-state index contributed by atoms with van der Waals surface area (Å²) in [6, 6.07) is 21.6. The fourth-order valence-electron chi connectivity index (χ4n) is 3.23. The maximum absolute atomic E-state index is 6.28. The molecule has 2 aromatic rings. The molecule has 3 N–H and O–H groups in total. The molecule has 0 saturated heterocycles. The van der Waals surface area contributed by atoms with Crippen molar-refractivity contribution in [2.24, 2.45) is 5.73 Å². The third kappa shape index (κ3) is 4.64. The molecular formula is C20H29N3. The van der Waals surface area contributed by atoms with Crippen LogP contribution in [0.15, 0.2) is 60.7 Å². The molecule has 0 aliphatic carbocycles. The third-order valence-electron chi connectivity index (χ3n) is 4.44. The van der Waals surface area contributed by atoms with Crippen molar-refractivity contribution in [1.29, 1.82) is 0 Å². The molecule has 0 aliphatic rings. The Kier molecular flexibility index (Phi) is 6.34. The molecule has 3 heteroatoms. The van der Waals surface area contributed by atoms with Gasteiger partial charge in [-0.15, -0.1) is 0 Å². The van der Waals surface area contributed by atoms with Crippen molar-refractivity contribution >= 4 is 0 Å². The molecular weight excluding hydrogens is 282 g/mol. The maximum Gasteiger partial charge on any atom is 0.0592 e. The highest BCUT2D eigenvalue weighted by Gasteiger charge is 2.25. The number of rotatable bonds is 7. The van der Waals surface area contributed by atoms with Gasteiger partial charge in [0.25, 0.3) is 0 Å². The highest BCUT2D eigenvalue weighted by molar-refractivity contribution is 5.20. The first kappa shape index (κ1) is 17.7. The average molecular weight is 311 g/mol. The van der Waals surface area contributed by atoms with E-state index in [0.717, 1.165) is 0 Å². The number of nitrogens with one attached hydrogen (secondary N) is 1. The zero-order valence-electron chi connectivity index (χ0n) is 14.6. The largest absolute Gasteiger partial charge is 0.316 e. The lowest BCUT2D eigenvalue weighted by atomic mass is 10.1. The summed E-state index contributed by atoms with van der Waals surface area (Å²) in [5, 5.41) is 3.67. The van der Waals surface area contributed by atoms with Gasteiger partial charge in [-0.05, 0) is 38.8 Å². The fourth-order valence-corrected chi connectivity index (χ4v) is 3.23. The highest BCUT2D eigenvalue weighted by atomic mass is 15.3. The van der Waals surface area contributed by atoms with Crippen LogP contribution in [0.2, 0.25) is 0 Å². The van der Waals surface area contributed by atoms with Crippen LogP contribution in [-0.2, 0) is 0 Å². The van der Waals surface area contributed by atoms with Gasteiger partial charge < -0.3 is 5.73 Å². The van der Waals surface area contributed by atoms with E-state index in [1.165, 1.54) is 11.1 Å². The Hall–Kier alpha value is -1.68. The number of hydrogen-bond acceptors (Lipinski definition) is 3. The van der Waals surface area contributed by atoms with Crippen molar-refractivity contribution in [2.75, 3.05) is 0 Å². The Bertz CT molecular complexity index is 568. The third-order valence-corrected chi connectivity index (χ3v) is 4.44. The van der Waals surface area contributed by atoms with Crippen molar-refractivity contribution in [1.82, 2.24) is 10.2 Å². The summed E-state index contributed by atoms with van der Waals surface area (Å²) in [7, 11) is 0. The summed E-state index contributed by atoms with van der Waals surface area (Å²) in [6.07, 6.45) is 0.135. The van der Waals surface area contributed by atoms with Crippen LogP contribution >= 0.6 is 0 Å². The molecule has 2 rings (SSSR count). The van der Waals surface area contributed by atoms with Crippen LogP contribution in [0, 0.1) is 0 Å². The van der Waals surface area contributed by atoms with Crippen LogP contribution in [0.5, 0.6) is 0 Å². The monoisotopic (exact) mass is 311 g/mol. The molecule has 0 amide bonds. The van der Waals surface area contributed by atoms with E-state index in [1.54, 1.807) is 0 Å². The second kappa shape index (κ2) is 8.25. The number of benzene rings is 2. The van der Waals surface area contributed by atoms with Gasteiger partial charge in [0.15, 0.2) is 0 Å². The van der Waals surface area contributed by atoms with E-state index in [0.29, 0.717) is 0 Å². The van der Waals surface area contributed by atoms with E-state index in [1.807, 2.05) is 19.1 Å². The molecule has 0 heterocycles. The minimum absolute atomic E-state index is 0.0318. The van der Waals surface area contributed by atoms with Crippen LogP contribution < -0.4 is 11.1 Å².